The van der Waals surface area contributed by atoms with Crippen LogP contribution in [0.15, 0.2) is 41.3 Å². The summed E-state index contributed by atoms with van der Waals surface area (Å²) < 4.78 is 31.9. The summed E-state index contributed by atoms with van der Waals surface area (Å²) in [7, 11) is -2.30. The minimum atomic E-state index is -3.78. The second kappa shape index (κ2) is 6.01. The highest BCUT2D eigenvalue weighted by molar-refractivity contribution is 7.92. The molecule has 0 aliphatic carbocycles. The summed E-state index contributed by atoms with van der Waals surface area (Å²) in [5.41, 5.74) is 6.18. The molecule has 5 nitrogen and oxygen atoms in total. The number of rotatable bonds is 4. The third kappa shape index (κ3) is 3.53. The second-order valence-electron chi connectivity index (χ2n) is 4.14. The van der Waals surface area contributed by atoms with Crippen molar-refractivity contribution < 1.29 is 13.2 Å². The number of nitrogen functional groups attached to an aromatic ring is 1. The maximum Gasteiger partial charge on any atom is 0.261 e. The van der Waals surface area contributed by atoms with Crippen LogP contribution < -0.4 is 15.2 Å². The van der Waals surface area contributed by atoms with Gasteiger partial charge in [-0.1, -0.05) is 23.2 Å². The molecule has 0 saturated carbocycles. The monoisotopic (exact) mass is 346 g/mol. The largest absolute Gasteiger partial charge is 0.495 e. The van der Waals surface area contributed by atoms with Crippen LogP contribution in [0.25, 0.3) is 0 Å². The van der Waals surface area contributed by atoms with Crippen molar-refractivity contribution in [1.82, 2.24) is 0 Å². The number of nitrogens with two attached hydrogens (primary N) is 1. The van der Waals surface area contributed by atoms with Crippen molar-refractivity contribution in [2.45, 2.75) is 4.90 Å². The SMILES string of the molecule is COc1ccc(NS(=O)(=O)c2ccc(N)c(Cl)c2)cc1Cl. The van der Waals surface area contributed by atoms with Gasteiger partial charge in [0.15, 0.2) is 0 Å². The summed E-state index contributed by atoms with van der Waals surface area (Å²) in [5, 5.41) is 0.471. The first-order valence-electron chi connectivity index (χ1n) is 5.75. The molecule has 0 radical (unpaired) electrons. The Morgan fingerprint density at radius 2 is 1.81 bits per heavy atom. The van der Waals surface area contributed by atoms with Crippen LogP contribution >= 0.6 is 23.2 Å². The van der Waals surface area contributed by atoms with Crippen LogP contribution in [-0.2, 0) is 10.0 Å². The van der Waals surface area contributed by atoms with Gasteiger partial charge in [0.05, 0.1) is 33.4 Å². The van der Waals surface area contributed by atoms with Crippen LogP contribution in [0.2, 0.25) is 10.0 Å². The molecular weight excluding hydrogens is 335 g/mol. The third-order valence-electron chi connectivity index (χ3n) is 2.69. The van der Waals surface area contributed by atoms with Crippen LogP contribution in [0.4, 0.5) is 11.4 Å². The molecule has 0 amide bonds. The first-order valence-corrected chi connectivity index (χ1v) is 7.99. The van der Waals surface area contributed by atoms with Gasteiger partial charge in [0.1, 0.15) is 5.75 Å². The Balaban J connectivity index is 2.32. The van der Waals surface area contributed by atoms with Crippen LogP contribution in [0.5, 0.6) is 5.75 Å². The highest BCUT2D eigenvalue weighted by atomic mass is 35.5. The van der Waals surface area contributed by atoms with Crippen LogP contribution in [0, 0.1) is 0 Å². The van der Waals surface area contributed by atoms with Crippen molar-refractivity contribution in [3.63, 3.8) is 0 Å². The Morgan fingerprint density at radius 3 is 2.38 bits per heavy atom. The molecular formula is C13H12Cl2N2O3S. The quantitative estimate of drug-likeness (QED) is 0.831. The van der Waals surface area contributed by atoms with E-state index in [2.05, 4.69) is 4.72 Å². The topological polar surface area (TPSA) is 81.4 Å². The smallest absolute Gasteiger partial charge is 0.261 e. The summed E-state index contributed by atoms with van der Waals surface area (Å²) in [4.78, 5) is 0.00800. The first kappa shape index (κ1) is 15.8. The minimum Gasteiger partial charge on any atom is -0.495 e. The van der Waals surface area contributed by atoms with Crippen LogP contribution in [0.1, 0.15) is 0 Å². The van der Waals surface area contributed by atoms with Crippen molar-refractivity contribution in [3.05, 3.63) is 46.4 Å². The van der Waals surface area contributed by atoms with Gasteiger partial charge in [-0.15, -0.1) is 0 Å². The van der Waals surface area contributed by atoms with Gasteiger partial charge in [0.2, 0.25) is 0 Å². The Labute approximate surface area is 132 Å². The lowest BCUT2D eigenvalue weighted by Crippen LogP contribution is -2.13. The molecule has 0 aromatic heterocycles. The molecule has 0 aliphatic rings. The number of hydrogen-bond donors (Lipinski definition) is 2. The van der Waals surface area contributed by atoms with E-state index in [-0.39, 0.29) is 9.92 Å². The number of halogens is 2. The molecule has 0 spiro atoms. The highest BCUT2D eigenvalue weighted by Gasteiger charge is 2.16. The molecule has 2 aromatic rings. The molecule has 0 atom stereocenters. The van der Waals surface area contributed by atoms with Gasteiger partial charge in [-0.2, -0.15) is 0 Å². The normalized spacial score (nSPS) is 11.2. The molecule has 0 unspecified atom stereocenters. The molecule has 112 valence electrons. The van der Waals surface area contributed by atoms with Gasteiger partial charge >= 0.3 is 0 Å². The zero-order valence-corrected chi connectivity index (χ0v) is 13.3. The third-order valence-corrected chi connectivity index (χ3v) is 4.69. The Kier molecular flexibility index (Phi) is 4.51. The molecule has 2 aromatic carbocycles. The number of nitrogens with one attached hydrogen (secondary N) is 1. The molecule has 8 heteroatoms. The average Bonchev–Trinajstić information content (AvgIpc) is 2.41. The average molecular weight is 347 g/mol. The van der Waals surface area contributed by atoms with Gasteiger partial charge in [0.25, 0.3) is 10.0 Å². The molecule has 0 bridgehead atoms. The van der Waals surface area contributed by atoms with E-state index in [1.165, 1.54) is 31.4 Å². The highest BCUT2D eigenvalue weighted by Crippen LogP contribution is 2.29. The van der Waals surface area contributed by atoms with E-state index < -0.39 is 10.0 Å². The van der Waals surface area contributed by atoms with Crippen molar-refractivity contribution >= 4 is 44.6 Å². The second-order valence-corrected chi connectivity index (χ2v) is 6.63. The summed E-state index contributed by atoms with van der Waals surface area (Å²) >= 11 is 11.8. The van der Waals surface area contributed by atoms with Crippen molar-refractivity contribution in [2.75, 3.05) is 17.6 Å². The zero-order chi connectivity index (χ0) is 15.6. The number of ether oxygens (including phenoxy) is 1. The van der Waals surface area contributed by atoms with Gasteiger partial charge in [0, 0.05) is 0 Å². The van der Waals surface area contributed by atoms with Gasteiger partial charge in [-0.3, -0.25) is 4.72 Å². The Morgan fingerprint density at radius 1 is 1.10 bits per heavy atom. The molecule has 0 aliphatic heterocycles. The number of anilines is 2. The fourth-order valence-corrected chi connectivity index (χ4v) is 3.20. The maximum absolute atomic E-state index is 12.2. The Hall–Kier alpha value is -1.63. The van der Waals surface area contributed by atoms with Gasteiger partial charge < -0.3 is 10.5 Å². The number of sulfonamides is 1. The number of hydrogen-bond acceptors (Lipinski definition) is 4. The van der Waals surface area contributed by atoms with Gasteiger partial charge in [-0.25, -0.2) is 8.42 Å². The summed E-state index contributed by atoms with van der Waals surface area (Å²) in [5.74, 6) is 0.454. The number of benzene rings is 2. The lowest BCUT2D eigenvalue weighted by molar-refractivity contribution is 0.415. The van der Waals surface area contributed by atoms with E-state index in [0.717, 1.165) is 0 Å². The van der Waals surface area contributed by atoms with Crippen LogP contribution in [0.3, 0.4) is 0 Å². The predicted octanol–water partition coefficient (Wildman–Crippen LogP) is 3.39. The van der Waals surface area contributed by atoms with E-state index in [1.54, 1.807) is 12.1 Å². The van der Waals surface area contributed by atoms with E-state index in [0.29, 0.717) is 22.1 Å². The lowest BCUT2D eigenvalue weighted by Gasteiger charge is -2.10. The van der Waals surface area contributed by atoms with Gasteiger partial charge in [-0.05, 0) is 36.4 Å². The molecule has 0 fully saturated rings. The molecule has 0 heterocycles. The van der Waals surface area contributed by atoms with Crippen molar-refractivity contribution in [2.24, 2.45) is 0 Å². The standard InChI is InChI=1S/C13H12Cl2N2O3S/c1-20-13-5-2-8(6-11(13)15)17-21(18,19)9-3-4-12(16)10(14)7-9/h2-7,17H,16H2,1H3. The van der Waals surface area contributed by atoms with Crippen molar-refractivity contribution in [3.8, 4) is 5.75 Å². The molecule has 0 saturated heterocycles. The molecule has 2 rings (SSSR count). The predicted molar refractivity (Wildman–Crippen MR) is 84.7 cm³/mol. The van der Waals surface area contributed by atoms with E-state index in [1.807, 2.05) is 0 Å². The number of methoxy groups -OCH3 is 1. The maximum atomic E-state index is 12.2. The zero-order valence-electron chi connectivity index (χ0n) is 10.9. The Bertz CT molecular complexity index is 779. The first-order chi connectivity index (χ1) is 9.83. The van der Waals surface area contributed by atoms with E-state index in [4.69, 9.17) is 33.7 Å². The molecule has 21 heavy (non-hydrogen) atoms. The lowest BCUT2D eigenvalue weighted by atomic mass is 10.3. The summed E-state index contributed by atoms with van der Waals surface area (Å²) in [6.07, 6.45) is 0. The van der Waals surface area contributed by atoms with Crippen LogP contribution in [-0.4, -0.2) is 15.5 Å². The summed E-state index contributed by atoms with van der Waals surface area (Å²) in [6.45, 7) is 0. The van der Waals surface area contributed by atoms with E-state index in [9.17, 15) is 8.42 Å². The molecule has 3 N–H and O–H groups in total. The minimum absolute atomic E-state index is 0.00800. The van der Waals surface area contributed by atoms with E-state index >= 15 is 0 Å². The fourth-order valence-electron chi connectivity index (χ4n) is 1.62. The summed E-state index contributed by atoms with van der Waals surface area (Å²) in [6, 6.07) is 8.64. The van der Waals surface area contributed by atoms with Crippen molar-refractivity contribution in [1.29, 1.82) is 0 Å². The fraction of sp³-hybridized carbons (Fsp3) is 0.0769.